The first-order valence-corrected chi connectivity index (χ1v) is 3.72. The van der Waals surface area contributed by atoms with Gasteiger partial charge in [0.1, 0.15) is 0 Å². The normalized spacial score (nSPS) is 8.93. The van der Waals surface area contributed by atoms with Gasteiger partial charge in [-0.1, -0.05) is 12.1 Å². The number of rotatable bonds is 3. The van der Waals surface area contributed by atoms with Crippen LogP contribution < -0.4 is 5.73 Å². The van der Waals surface area contributed by atoms with Crippen molar-refractivity contribution >= 4 is 24.2 Å². The van der Waals surface area contributed by atoms with Crippen molar-refractivity contribution in [1.82, 2.24) is 0 Å². The predicted molar refractivity (Wildman–Crippen MR) is 54.0 cm³/mol. The summed E-state index contributed by atoms with van der Waals surface area (Å²) in [5, 5.41) is 8.56. The Morgan fingerprint density at radius 2 is 1.57 bits per heavy atom. The van der Waals surface area contributed by atoms with E-state index in [4.69, 9.17) is 10.8 Å². The van der Waals surface area contributed by atoms with Crippen molar-refractivity contribution < 1.29 is 14.7 Å². The van der Waals surface area contributed by atoms with E-state index in [1.54, 1.807) is 0 Å². The van der Waals surface area contributed by atoms with Gasteiger partial charge in [-0.3, -0.25) is 4.79 Å². The second-order valence-electron chi connectivity index (χ2n) is 2.51. The Morgan fingerprint density at radius 1 is 1.14 bits per heavy atom. The van der Waals surface area contributed by atoms with Gasteiger partial charge in [-0.2, -0.15) is 0 Å². The fourth-order valence-corrected chi connectivity index (χ4v) is 0.917. The van der Waals surface area contributed by atoms with E-state index in [9.17, 15) is 9.59 Å². The van der Waals surface area contributed by atoms with Crippen molar-refractivity contribution in [3.63, 3.8) is 0 Å². The van der Waals surface area contributed by atoms with Gasteiger partial charge >= 0.3 is 5.97 Å². The van der Waals surface area contributed by atoms with Crippen LogP contribution in [0.15, 0.2) is 24.3 Å². The van der Waals surface area contributed by atoms with Crippen LogP contribution in [0.2, 0.25) is 0 Å². The second kappa shape index (κ2) is 5.36. The highest BCUT2D eigenvalue weighted by Gasteiger charge is 2.05. The summed E-state index contributed by atoms with van der Waals surface area (Å²) in [6.45, 7) is -0.0631. The van der Waals surface area contributed by atoms with Gasteiger partial charge in [-0.05, 0) is 12.1 Å². The maximum Gasteiger partial charge on any atom is 0.335 e. The first kappa shape index (κ1) is 12.6. The zero-order valence-corrected chi connectivity index (χ0v) is 8.08. The van der Waals surface area contributed by atoms with Crippen LogP contribution in [-0.4, -0.2) is 23.4 Å². The van der Waals surface area contributed by atoms with Gasteiger partial charge in [0.05, 0.1) is 12.1 Å². The van der Waals surface area contributed by atoms with E-state index >= 15 is 0 Å². The lowest BCUT2D eigenvalue weighted by atomic mass is 10.1. The first-order valence-electron chi connectivity index (χ1n) is 3.72. The lowest BCUT2D eigenvalue weighted by molar-refractivity contribution is 0.0696. The molecule has 1 aromatic rings. The van der Waals surface area contributed by atoms with E-state index in [1.807, 2.05) is 0 Å². The number of carbonyl (C=O) groups excluding carboxylic acids is 1. The van der Waals surface area contributed by atoms with Gasteiger partial charge in [0, 0.05) is 5.56 Å². The lowest BCUT2D eigenvalue weighted by Crippen LogP contribution is -2.13. The van der Waals surface area contributed by atoms with Crippen LogP contribution in [0.1, 0.15) is 20.7 Å². The molecule has 14 heavy (non-hydrogen) atoms. The molecule has 3 N–H and O–H groups in total. The zero-order valence-electron chi connectivity index (χ0n) is 7.27. The molecule has 4 nitrogen and oxygen atoms in total. The molecule has 0 aliphatic heterocycles. The minimum atomic E-state index is -1.01. The van der Waals surface area contributed by atoms with Crippen LogP contribution >= 0.6 is 12.4 Å². The number of carboxylic acid groups (broad SMARTS) is 1. The molecular weight excluding hydrogens is 206 g/mol. The monoisotopic (exact) mass is 215 g/mol. The van der Waals surface area contributed by atoms with E-state index in [-0.39, 0.29) is 30.3 Å². The molecular formula is C9H10ClNO3. The molecule has 0 radical (unpaired) electrons. The summed E-state index contributed by atoms with van der Waals surface area (Å²) in [6.07, 6.45) is 0. The van der Waals surface area contributed by atoms with Crippen LogP contribution in [0.25, 0.3) is 0 Å². The number of aromatic carboxylic acids is 1. The summed E-state index contributed by atoms with van der Waals surface area (Å²) in [6, 6.07) is 5.67. The van der Waals surface area contributed by atoms with Crippen LogP contribution in [0.3, 0.4) is 0 Å². The third-order valence-electron chi connectivity index (χ3n) is 1.64. The molecule has 0 fully saturated rings. The number of nitrogens with two attached hydrogens (primary N) is 1. The minimum Gasteiger partial charge on any atom is -0.478 e. The average molecular weight is 216 g/mol. The minimum absolute atomic E-state index is 0. The molecule has 0 aliphatic carbocycles. The van der Waals surface area contributed by atoms with Gasteiger partial charge < -0.3 is 10.8 Å². The molecule has 0 spiro atoms. The summed E-state index contributed by atoms with van der Waals surface area (Å²) in [5.74, 6) is -1.20. The van der Waals surface area contributed by atoms with Crippen LogP contribution in [-0.2, 0) is 0 Å². The molecule has 5 heteroatoms. The number of carboxylic acids is 1. The standard InChI is InChI=1S/C9H9NO3.ClH/c10-5-8(11)6-1-3-7(4-2-6)9(12)13;/h1-4H,5,10H2,(H,12,13);1H. The Hall–Kier alpha value is -1.39. The summed E-state index contributed by atoms with van der Waals surface area (Å²) < 4.78 is 0. The SMILES string of the molecule is Cl.NCC(=O)c1ccc(C(=O)O)cc1. The van der Waals surface area contributed by atoms with Crippen LogP contribution in [0.4, 0.5) is 0 Å². The van der Waals surface area contributed by atoms with Gasteiger partial charge in [0.15, 0.2) is 5.78 Å². The first-order chi connectivity index (χ1) is 6.15. The molecule has 1 aromatic carbocycles. The van der Waals surface area contributed by atoms with Gasteiger partial charge in [-0.25, -0.2) is 4.79 Å². The van der Waals surface area contributed by atoms with E-state index in [0.717, 1.165) is 0 Å². The van der Waals surface area contributed by atoms with Gasteiger partial charge in [0.25, 0.3) is 0 Å². The van der Waals surface area contributed by atoms with Gasteiger partial charge in [-0.15, -0.1) is 12.4 Å². The zero-order chi connectivity index (χ0) is 9.84. The van der Waals surface area contributed by atoms with Crippen LogP contribution in [0.5, 0.6) is 0 Å². The van der Waals surface area contributed by atoms with E-state index in [1.165, 1.54) is 24.3 Å². The van der Waals surface area contributed by atoms with Crippen molar-refractivity contribution in [2.24, 2.45) is 5.73 Å². The van der Waals surface area contributed by atoms with E-state index in [0.29, 0.717) is 5.56 Å². The Bertz CT molecular complexity index is 334. The molecule has 1 rings (SSSR count). The number of halogens is 1. The Morgan fingerprint density at radius 3 is 1.93 bits per heavy atom. The molecule has 0 aliphatic rings. The molecule has 0 saturated carbocycles. The molecule has 0 saturated heterocycles. The van der Waals surface area contributed by atoms with Crippen molar-refractivity contribution in [2.75, 3.05) is 6.54 Å². The highest BCUT2D eigenvalue weighted by Crippen LogP contribution is 2.04. The maximum absolute atomic E-state index is 11.0. The van der Waals surface area contributed by atoms with E-state index < -0.39 is 5.97 Å². The van der Waals surface area contributed by atoms with Gasteiger partial charge in [0.2, 0.25) is 0 Å². The highest BCUT2D eigenvalue weighted by atomic mass is 35.5. The van der Waals surface area contributed by atoms with E-state index in [2.05, 4.69) is 0 Å². The number of hydrogen-bond donors (Lipinski definition) is 2. The average Bonchev–Trinajstić information content (AvgIpc) is 2.17. The number of hydrogen-bond acceptors (Lipinski definition) is 3. The van der Waals surface area contributed by atoms with Crippen molar-refractivity contribution in [3.8, 4) is 0 Å². The fraction of sp³-hybridized carbons (Fsp3) is 0.111. The largest absolute Gasteiger partial charge is 0.478 e. The molecule has 0 bridgehead atoms. The molecule has 0 heterocycles. The number of ketones is 1. The summed E-state index contributed by atoms with van der Waals surface area (Å²) in [5.41, 5.74) is 5.73. The highest BCUT2D eigenvalue weighted by molar-refractivity contribution is 5.98. The quantitative estimate of drug-likeness (QED) is 0.736. The van der Waals surface area contributed by atoms with Crippen molar-refractivity contribution in [1.29, 1.82) is 0 Å². The smallest absolute Gasteiger partial charge is 0.335 e. The second-order valence-corrected chi connectivity index (χ2v) is 2.51. The topological polar surface area (TPSA) is 80.4 Å². The Kier molecular flexibility index (Phi) is 4.83. The number of Topliss-reactive ketones (excluding diaryl/α,β-unsaturated/α-hetero) is 1. The summed E-state index contributed by atoms with van der Waals surface area (Å²) >= 11 is 0. The summed E-state index contributed by atoms with van der Waals surface area (Å²) in [7, 11) is 0. The van der Waals surface area contributed by atoms with Crippen molar-refractivity contribution in [2.45, 2.75) is 0 Å². The predicted octanol–water partition coefficient (Wildman–Crippen LogP) is 0.948. The number of benzene rings is 1. The fourth-order valence-electron chi connectivity index (χ4n) is 0.917. The molecule has 0 aromatic heterocycles. The lowest BCUT2D eigenvalue weighted by Gasteiger charge is -1.97. The maximum atomic E-state index is 11.0. The van der Waals surface area contributed by atoms with Crippen LogP contribution in [0, 0.1) is 0 Å². The number of carbonyl (C=O) groups is 2. The summed E-state index contributed by atoms with van der Waals surface area (Å²) in [4.78, 5) is 21.5. The Labute approximate surface area is 87.1 Å². The van der Waals surface area contributed by atoms with Crippen molar-refractivity contribution in [3.05, 3.63) is 35.4 Å². The molecule has 0 unspecified atom stereocenters. The molecule has 0 amide bonds. The Balaban J connectivity index is 0.00000169. The third kappa shape index (κ3) is 2.83. The molecule has 0 atom stereocenters. The third-order valence-corrected chi connectivity index (χ3v) is 1.64. The molecule has 76 valence electrons.